The van der Waals surface area contributed by atoms with E-state index in [1.165, 1.54) is 11.1 Å². The number of amidine groups is 1. The van der Waals surface area contributed by atoms with Crippen molar-refractivity contribution in [1.29, 1.82) is 0 Å². The van der Waals surface area contributed by atoms with Crippen LogP contribution in [0.25, 0.3) is 0 Å². The molecule has 0 aromatic heterocycles. The molecular formula is C16H18BrN3O. The maximum Gasteiger partial charge on any atom is 0.170 e. The predicted octanol–water partition coefficient (Wildman–Crippen LogP) is 3.77. The van der Waals surface area contributed by atoms with Gasteiger partial charge in [0.25, 0.3) is 0 Å². The van der Waals surface area contributed by atoms with Crippen LogP contribution in [0.15, 0.2) is 46.0 Å². The molecule has 0 atom stereocenters. The van der Waals surface area contributed by atoms with Crippen molar-refractivity contribution >= 4 is 27.5 Å². The molecule has 0 radical (unpaired) electrons. The van der Waals surface area contributed by atoms with Crippen LogP contribution in [0.1, 0.15) is 22.3 Å². The zero-order valence-electron chi connectivity index (χ0n) is 12.0. The fourth-order valence-corrected chi connectivity index (χ4v) is 3.04. The largest absolute Gasteiger partial charge is 0.409 e. The summed E-state index contributed by atoms with van der Waals surface area (Å²) in [5, 5.41) is 15.4. The van der Waals surface area contributed by atoms with Gasteiger partial charge in [0, 0.05) is 22.3 Å². The molecule has 0 saturated carbocycles. The smallest absolute Gasteiger partial charge is 0.170 e. The number of aryl methyl sites for hydroxylation is 2. The number of nitrogens with two attached hydrogens (primary N) is 1. The topological polar surface area (TPSA) is 70.6 Å². The van der Waals surface area contributed by atoms with Gasteiger partial charge in [0.15, 0.2) is 5.84 Å². The van der Waals surface area contributed by atoms with Crippen LogP contribution in [-0.4, -0.2) is 11.0 Å². The Kier molecular flexibility index (Phi) is 4.85. The molecule has 0 saturated heterocycles. The van der Waals surface area contributed by atoms with E-state index in [0.29, 0.717) is 6.54 Å². The molecule has 0 aliphatic carbocycles. The summed E-state index contributed by atoms with van der Waals surface area (Å²) >= 11 is 3.50. The number of nitrogens with zero attached hydrogens (tertiary/aromatic N) is 1. The van der Waals surface area contributed by atoms with E-state index in [-0.39, 0.29) is 5.84 Å². The molecular weight excluding hydrogens is 330 g/mol. The Bertz CT molecular complexity index is 660. The zero-order valence-corrected chi connectivity index (χ0v) is 13.6. The Labute approximate surface area is 132 Å². The van der Waals surface area contributed by atoms with Crippen molar-refractivity contribution in [3.05, 3.63) is 63.1 Å². The first-order valence-electron chi connectivity index (χ1n) is 6.59. The second kappa shape index (κ2) is 6.63. The molecule has 0 bridgehead atoms. The molecule has 5 heteroatoms. The first-order valence-corrected chi connectivity index (χ1v) is 7.38. The first-order chi connectivity index (χ1) is 10.0. The molecule has 4 N–H and O–H groups in total. The number of anilines is 1. The summed E-state index contributed by atoms with van der Waals surface area (Å²) < 4.78 is 1.07. The maximum atomic E-state index is 8.85. The van der Waals surface area contributed by atoms with Crippen LogP contribution >= 0.6 is 15.9 Å². The number of nitrogens with one attached hydrogen (secondary N) is 1. The highest BCUT2D eigenvalue weighted by Gasteiger charge is 2.08. The Balaban J connectivity index is 2.26. The first kappa shape index (κ1) is 15.4. The van der Waals surface area contributed by atoms with Gasteiger partial charge in [0.05, 0.1) is 0 Å². The Morgan fingerprint density at radius 2 is 1.86 bits per heavy atom. The highest BCUT2D eigenvalue weighted by molar-refractivity contribution is 9.10. The SMILES string of the molecule is Cc1cc(Br)cc(C)c1NCc1ccccc1C(N)=NO. The van der Waals surface area contributed by atoms with Crippen LogP contribution in [0.4, 0.5) is 5.69 Å². The molecule has 110 valence electrons. The predicted molar refractivity (Wildman–Crippen MR) is 89.9 cm³/mol. The van der Waals surface area contributed by atoms with Gasteiger partial charge in [0.2, 0.25) is 0 Å². The summed E-state index contributed by atoms with van der Waals surface area (Å²) in [5.41, 5.74) is 10.9. The normalized spacial score (nSPS) is 11.5. The number of hydrogen-bond acceptors (Lipinski definition) is 3. The average Bonchev–Trinajstić information content (AvgIpc) is 2.45. The number of oxime groups is 1. The molecule has 0 heterocycles. The average molecular weight is 348 g/mol. The number of halogens is 1. The van der Waals surface area contributed by atoms with E-state index in [1.54, 1.807) is 0 Å². The van der Waals surface area contributed by atoms with E-state index in [9.17, 15) is 0 Å². The van der Waals surface area contributed by atoms with Crippen molar-refractivity contribution in [1.82, 2.24) is 0 Å². The standard InChI is InChI=1S/C16H18BrN3O/c1-10-7-13(17)8-11(2)15(10)19-9-12-5-3-4-6-14(12)16(18)20-21/h3-8,19,21H,9H2,1-2H3,(H2,18,20). The molecule has 2 aromatic rings. The Morgan fingerprint density at radius 1 is 1.24 bits per heavy atom. The molecule has 0 aliphatic heterocycles. The molecule has 0 spiro atoms. The van der Waals surface area contributed by atoms with Crippen LogP contribution < -0.4 is 11.1 Å². The van der Waals surface area contributed by atoms with E-state index in [1.807, 2.05) is 24.3 Å². The van der Waals surface area contributed by atoms with Crippen LogP contribution in [0, 0.1) is 13.8 Å². The molecule has 2 rings (SSSR count). The minimum atomic E-state index is 0.122. The van der Waals surface area contributed by atoms with Crippen molar-refractivity contribution in [2.45, 2.75) is 20.4 Å². The summed E-state index contributed by atoms with van der Waals surface area (Å²) in [6.07, 6.45) is 0. The van der Waals surface area contributed by atoms with Crippen molar-refractivity contribution in [2.24, 2.45) is 10.9 Å². The minimum absolute atomic E-state index is 0.122. The number of hydrogen-bond donors (Lipinski definition) is 3. The highest BCUT2D eigenvalue weighted by atomic mass is 79.9. The monoisotopic (exact) mass is 347 g/mol. The summed E-state index contributed by atoms with van der Waals surface area (Å²) in [7, 11) is 0. The third-order valence-corrected chi connectivity index (χ3v) is 3.81. The molecule has 2 aromatic carbocycles. The minimum Gasteiger partial charge on any atom is -0.409 e. The molecule has 0 amide bonds. The second-order valence-electron chi connectivity index (χ2n) is 4.91. The Hall–Kier alpha value is -2.01. The fourth-order valence-electron chi connectivity index (χ4n) is 2.35. The lowest BCUT2D eigenvalue weighted by atomic mass is 10.1. The quantitative estimate of drug-likeness (QED) is 0.341. The van der Waals surface area contributed by atoms with Crippen LogP contribution in [0.3, 0.4) is 0 Å². The van der Waals surface area contributed by atoms with Crippen molar-refractivity contribution in [3.63, 3.8) is 0 Å². The van der Waals surface area contributed by atoms with Crippen molar-refractivity contribution in [3.8, 4) is 0 Å². The number of rotatable bonds is 4. The summed E-state index contributed by atoms with van der Waals surface area (Å²) in [6.45, 7) is 4.74. The van der Waals surface area contributed by atoms with Crippen molar-refractivity contribution < 1.29 is 5.21 Å². The third kappa shape index (κ3) is 3.55. The molecule has 21 heavy (non-hydrogen) atoms. The summed E-state index contributed by atoms with van der Waals surface area (Å²) in [6, 6.07) is 11.8. The van der Waals surface area contributed by atoms with Crippen LogP contribution in [0.2, 0.25) is 0 Å². The third-order valence-electron chi connectivity index (χ3n) is 3.35. The lowest BCUT2D eigenvalue weighted by Crippen LogP contribution is -2.17. The number of benzene rings is 2. The van der Waals surface area contributed by atoms with Gasteiger partial charge >= 0.3 is 0 Å². The molecule has 0 fully saturated rings. The van der Waals surface area contributed by atoms with Gasteiger partial charge in [-0.2, -0.15) is 0 Å². The van der Waals surface area contributed by atoms with Gasteiger partial charge in [0.1, 0.15) is 0 Å². The molecule has 0 aliphatic rings. The van der Waals surface area contributed by atoms with Crippen LogP contribution in [-0.2, 0) is 6.54 Å². The van der Waals surface area contributed by atoms with Gasteiger partial charge in [-0.15, -0.1) is 0 Å². The zero-order chi connectivity index (χ0) is 15.4. The van der Waals surface area contributed by atoms with E-state index >= 15 is 0 Å². The lowest BCUT2D eigenvalue weighted by molar-refractivity contribution is 0.318. The van der Waals surface area contributed by atoms with E-state index in [4.69, 9.17) is 10.9 Å². The molecule has 0 unspecified atom stereocenters. The summed E-state index contributed by atoms with van der Waals surface area (Å²) in [5.74, 6) is 0.122. The lowest BCUT2D eigenvalue weighted by Gasteiger charge is -2.15. The van der Waals surface area contributed by atoms with Gasteiger partial charge in [-0.25, -0.2) is 0 Å². The maximum absolute atomic E-state index is 8.85. The highest BCUT2D eigenvalue weighted by Crippen LogP contribution is 2.25. The van der Waals surface area contributed by atoms with E-state index < -0.39 is 0 Å². The van der Waals surface area contributed by atoms with Gasteiger partial charge in [-0.1, -0.05) is 45.4 Å². The van der Waals surface area contributed by atoms with E-state index in [0.717, 1.165) is 21.3 Å². The fraction of sp³-hybridized carbons (Fsp3) is 0.188. The Morgan fingerprint density at radius 3 is 2.48 bits per heavy atom. The van der Waals surface area contributed by atoms with Crippen molar-refractivity contribution in [2.75, 3.05) is 5.32 Å². The molecule has 4 nitrogen and oxygen atoms in total. The van der Waals surface area contributed by atoms with Gasteiger partial charge < -0.3 is 16.3 Å². The van der Waals surface area contributed by atoms with Gasteiger partial charge in [-0.05, 0) is 42.7 Å². The summed E-state index contributed by atoms with van der Waals surface area (Å²) in [4.78, 5) is 0. The van der Waals surface area contributed by atoms with Crippen LogP contribution in [0.5, 0.6) is 0 Å². The second-order valence-corrected chi connectivity index (χ2v) is 5.83. The van der Waals surface area contributed by atoms with Gasteiger partial charge in [-0.3, -0.25) is 0 Å². The van der Waals surface area contributed by atoms with E-state index in [2.05, 4.69) is 52.4 Å².